The van der Waals surface area contributed by atoms with E-state index in [1.807, 2.05) is 48.2 Å². The lowest BCUT2D eigenvalue weighted by Crippen LogP contribution is -2.51. The van der Waals surface area contributed by atoms with E-state index in [0.29, 0.717) is 5.69 Å². The summed E-state index contributed by atoms with van der Waals surface area (Å²) >= 11 is 0. The SMILES string of the molecule is CC(N)C1CCCCN1C(=O)c1cc(-c2ccccc2)n[nH]1.Cl. The molecule has 1 fully saturated rings. The number of nitrogens with two attached hydrogens (primary N) is 1. The summed E-state index contributed by atoms with van der Waals surface area (Å²) in [6.45, 7) is 2.74. The van der Waals surface area contributed by atoms with Gasteiger partial charge in [-0.3, -0.25) is 9.89 Å². The Balaban J connectivity index is 0.00000192. The summed E-state index contributed by atoms with van der Waals surface area (Å²) in [6.07, 6.45) is 3.14. The van der Waals surface area contributed by atoms with Gasteiger partial charge in [0.05, 0.1) is 5.69 Å². The van der Waals surface area contributed by atoms with Gasteiger partial charge in [0, 0.05) is 24.2 Å². The minimum Gasteiger partial charge on any atom is -0.333 e. The van der Waals surface area contributed by atoms with Crippen LogP contribution in [-0.4, -0.2) is 39.6 Å². The van der Waals surface area contributed by atoms with Crippen LogP contribution in [0.1, 0.15) is 36.7 Å². The lowest BCUT2D eigenvalue weighted by molar-refractivity contribution is 0.0577. The number of nitrogens with one attached hydrogen (secondary N) is 1. The first-order valence-corrected chi connectivity index (χ1v) is 7.84. The molecule has 1 saturated heterocycles. The molecule has 5 nitrogen and oxygen atoms in total. The number of rotatable bonds is 3. The highest BCUT2D eigenvalue weighted by Gasteiger charge is 2.30. The average Bonchev–Trinajstić information content (AvgIpc) is 3.05. The summed E-state index contributed by atoms with van der Waals surface area (Å²) in [5, 5.41) is 7.15. The van der Waals surface area contributed by atoms with Gasteiger partial charge in [-0.1, -0.05) is 30.3 Å². The number of amides is 1. The molecule has 124 valence electrons. The Morgan fingerprint density at radius 1 is 1.35 bits per heavy atom. The molecule has 1 aliphatic heterocycles. The van der Waals surface area contributed by atoms with Crippen molar-refractivity contribution in [2.24, 2.45) is 5.73 Å². The second-order valence-corrected chi connectivity index (χ2v) is 5.95. The third-order valence-corrected chi connectivity index (χ3v) is 4.29. The molecule has 2 heterocycles. The Hall–Kier alpha value is -1.85. The van der Waals surface area contributed by atoms with E-state index in [0.717, 1.165) is 37.1 Å². The van der Waals surface area contributed by atoms with Crippen LogP contribution in [0.4, 0.5) is 0 Å². The van der Waals surface area contributed by atoms with Gasteiger partial charge < -0.3 is 10.6 Å². The number of likely N-dealkylation sites (tertiary alicyclic amines) is 1. The van der Waals surface area contributed by atoms with Crippen LogP contribution >= 0.6 is 12.4 Å². The van der Waals surface area contributed by atoms with Crippen molar-refractivity contribution in [3.8, 4) is 11.3 Å². The van der Waals surface area contributed by atoms with E-state index in [2.05, 4.69) is 10.2 Å². The number of halogens is 1. The van der Waals surface area contributed by atoms with E-state index in [9.17, 15) is 4.79 Å². The van der Waals surface area contributed by atoms with E-state index in [-0.39, 0.29) is 30.4 Å². The highest BCUT2D eigenvalue weighted by atomic mass is 35.5. The smallest absolute Gasteiger partial charge is 0.272 e. The lowest BCUT2D eigenvalue weighted by atomic mass is 9.96. The van der Waals surface area contributed by atoms with Crippen LogP contribution in [0, 0.1) is 0 Å². The van der Waals surface area contributed by atoms with Crippen LogP contribution in [0.25, 0.3) is 11.3 Å². The summed E-state index contributed by atoms with van der Waals surface area (Å²) in [7, 11) is 0. The number of nitrogens with zero attached hydrogens (tertiary/aromatic N) is 2. The number of carbonyl (C=O) groups is 1. The van der Waals surface area contributed by atoms with E-state index in [1.54, 1.807) is 0 Å². The zero-order valence-electron chi connectivity index (χ0n) is 13.2. The summed E-state index contributed by atoms with van der Waals surface area (Å²) in [6, 6.07) is 11.8. The minimum atomic E-state index is -0.0132. The fourth-order valence-corrected chi connectivity index (χ4v) is 3.10. The van der Waals surface area contributed by atoms with Crippen LogP contribution < -0.4 is 5.73 Å². The van der Waals surface area contributed by atoms with Crippen molar-refractivity contribution >= 4 is 18.3 Å². The van der Waals surface area contributed by atoms with Crippen LogP contribution in [0.3, 0.4) is 0 Å². The van der Waals surface area contributed by atoms with Gasteiger partial charge in [-0.15, -0.1) is 12.4 Å². The zero-order valence-corrected chi connectivity index (χ0v) is 14.1. The number of piperidine rings is 1. The van der Waals surface area contributed by atoms with E-state index >= 15 is 0 Å². The van der Waals surface area contributed by atoms with Crippen LogP contribution in [0.2, 0.25) is 0 Å². The molecule has 1 aromatic heterocycles. The Kier molecular flexibility index (Phi) is 5.80. The van der Waals surface area contributed by atoms with Gasteiger partial charge in [0.2, 0.25) is 0 Å². The second kappa shape index (κ2) is 7.62. The number of carbonyl (C=O) groups excluding carboxylic acids is 1. The van der Waals surface area contributed by atoms with Gasteiger partial charge >= 0.3 is 0 Å². The van der Waals surface area contributed by atoms with Gasteiger partial charge in [0.15, 0.2) is 0 Å². The number of aromatic nitrogens is 2. The molecule has 0 aliphatic carbocycles. The second-order valence-electron chi connectivity index (χ2n) is 5.95. The van der Waals surface area contributed by atoms with Crippen molar-refractivity contribution in [3.05, 3.63) is 42.1 Å². The number of H-pyrrole nitrogens is 1. The Morgan fingerprint density at radius 3 is 2.78 bits per heavy atom. The lowest BCUT2D eigenvalue weighted by Gasteiger charge is -2.37. The van der Waals surface area contributed by atoms with Crippen LogP contribution in [-0.2, 0) is 0 Å². The van der Waals surface area contributed by atoms with Gasteiger partial charge in [0.1, 0.15) is 5.69 Å². The molecule has 23 heavy (non-hydrogen) atoms. The highest BCUT2D eigenvalue weighted by molar-refractivity contribution is 5.93. The van der Waals surface area contributed by atoms with Crippen molar-refractivity contribution in [2.45, 2.75) is 38.3 Å². The Bertz CT molecular complexity index is 641. The quantitative estimate of drug-likeness (QED) is 0.906. The molecule has 1 aliphatic rings. The summed E-state index contributed by atoms with van der Waals surface area (Å²) in [5.41, 5.74) is 8.37. The molecule has 3 rings (SSSR count). The molecule has 0 radical (unpaired) electrons. The molecule has 0 saturated carbocycles. The molecule has 2 unspecified atom stereocenters. The van der Waals surface area contributed by atoms with Crippen molar-refractivity contribution in [1.29, 1.82) is 0 Å². The third-order valence-electron chi connectivity index (χ3n) is 4.29. The van der Waals surface area contributed by atoms with Crippen molar-refractivity contribution in [3.63, 3.8) is 0 Å². The number of aromatic amines is 1. The van der Waals surface area contributed by atoms with Crippen LogP contribution in [0.15, 0.2) is 36.4 Å². The van der Waals surface area contributed by atoms with Gasteiger partial charge in [-0.05, 0) is 32.3 Å². The predicted molar refractivity (Wildman–Crippen MR) is 93.6 cm³/mol. The molecule has 3 N–H and O–H groups in total. The van der Waals surface area contributed by atoms with E-state index in [4.69, 9.17) is 5.73 Å². The van der Waals surface area contributed by atoms with Crippen molar-refractivity contribution in [1.82, 2.24) is 15.1 Å². The first kappa shape index (κ1) is 17.5. The normalized spacial score (nSPS) is 19.0. The maximum atomic E-state index is 12.8. The summed E-state index contributed by atoms with van der Waals surface area (Å²) in [5.74, 6) is -0.00307. The largest absolute Gasteiger partial charge is 0.333 e. The first-order chi connectivity index (χ1) is 10.7. The minimum absolute atomic E-state index is 0. The topological polar surface area (TPSA) is 75.0 Å². The van der Waals surface area contributed by atoms with E-state index < -0.39 is 0 Å². The molecular formula is C17H23ClN4O. The molecule has 1 aromatic carbocycles. The molecule has 2 atom stereocenters. The number of hydrogen-bond acceptors (Lipinski definition) is 3. The standard InChI is InChI=1S/C17H22N4O.ClH/c1-12(18)16-9-5-6-10-21(16)17(22)15-11-14(19-20-15)13-7-3-2-4-8-13;/h2-4,7-8,11-12,16H,5-6,9-10,18H2,1H3,(H,19,20);1H. The number of hydrogen-bond donors (Lipinski definition) is 2. The fourth-order valence-electron chi connectivity index (χ4n) is 3.10. The van der Waals surface area contributed by atoms with Gasteiger partial charge in [-0.25, -0.2) is 0 Å². The Morgan fingerprint density at radius 2 is 2.09 bits per heavy atom. The maximum Gasteiger partial charge on any atom is 0.272 e. The highest BCUT2D eigenvalue weighted by Crippen LogP contribution is 2.23. The molecule has 1 amide bonds. The van der Waals surface area contributed by atoms with E-state index in [1.165, 1.54) is 0 Å². The molecular weight excluding hydrogens is 312 g/mol. The first-order valence-electron chi connectivity index (χ1n) is 7.84. The average molecular weight is 335 g/mol. The Labute approximate surface area is 142 Å². The van der Waals surface area contributed by atoms with Gasteiger partial charge in [-0.2, -0.15) is 5.10 Å². The molecule has 2 aromatic rings. The molecule has 0 spiro atoms. The van der Waals surface area contributed by atoms with Gasteiger partial charge in [0.25, 0.3) is 5.91 Å². The maximum absolute atomic E-state index is 12.8. The monoisotopic (exact) mass is 334 g/mol. The zero-order chi connectivity index (χ0) is 15.5. The third kappa shape index (κ3) is 3.74. The van der Waals surface area contributed by atoms with Crippen molar-refractivity contribution in [2.75, 3.05) is 6.54 Å². The summed E-state index contributed by atoms with van der Waals surface area (Å²) < 4.78 is 0. The predicted octanol–water partition coefficient (Wildman–Crippen LogP) is 2.84. The number of benzene rings is 1. The summed E-state index contributed by atoms with van der Waals surface area (Å²) in [4.78, 5) is 14.7. The molecule has 6 heteroatoms. The van der Waals surface area contributed by atoms with Crippen LogP contribution in [0.5, 0.6) is 0 Å². The fraction of sp³-hybridized carbons (Fsp3) is 0.412. The van der Waals surface area contributed by atoms with Crippen molar-refractivity contribution < 1.29 is 4.79 Å². The molecule has 0 bridgehead atoms.